The summed E-state index contributed by atoms with van der Waals surface area (Å²) in [6.45, 7) is 1.02. The summed E-state index contributed by atoms with van der Waals surface area (Å²) in [5.41, 5.74) is 10.9. The molecular weight excluding hydrogens is 412 g/mol. The molecule has 1 aromatic heterocycles. The Hall–Kier alpha value is -4.09. The van der Waals surface area contributed by atoms with E-state index in [0.29, 0.717) is 18.7 Å². The van der Waals surface area contributed by atoms with Gasteiger partial charge in [-0.1, -0.05) is 48.5 Å². The van der Waals surface area contributed by atoms with Crippen molar-refractivity contribution in [3.8, 4) is 5.75 Å². The van der Waals surface area contributed by atoms with Crippen LogP contribution in [0.5, 0.6) is 5.75 Å². The third-order valence-corrected chi connectivity index (χ3v) is 5.81. The highest BCUT2D eigenvalue weighted by molar-refractivity contribution is 6.17. The average molecular weight is 436 g/mol. The number of hydrogen-bond acceptors (Lipinski definition) is 3. The van der Waals surface area contributed by atoms with E-state index in [4.69, 9.17) is 10.5 Å². The van der Waals surface area contributed by atoms with Gasteiger partial charge in [0.05, 0.1) is 17.6 Å². The molecule has 5 nitrogen and oxygen atoms in total. The van der Waals surface area contributed by atoms with Gasteiger partial charge in [-0.15, -0.1) is 0 Å². The summed E-state index contributed by atoms with van der Waals surface area (Å²) in [5.74, 6) is 0.330. The van der Waals surface area contributed by atoms with Crippen molar-refractivity contribution in [3.63, 3.8) is 0 Å². The summed E-state index contributed by atoms with van der Waals surface area (Å²) >= 11 is 0. The largest absolute Gasteiger partial charge is 0.489 e. The topological polar surface area (TPSA) is 77.5 Å². The number of aliphatic hydroxyl groups is 1. The molecule has 4 aromatic carbocycles. The molecule has 0 aliphatic heterocycles. The summed E-state index contributed by atoms with van der Waals surface area (Å²) in [7, 11) is 0. The monoisotopic (exact) mass is 435 g/mol. The zero-order valence-electron chi connectivity index (χ0n) is 18.0. The van der Waals surface area contributed by atoms with Crippen LogP contribution in [0.25, 0.3) is 21.8 Å². The predicted octanol–water partition coefficient (Wildman–Crippen LogP) is 4.81. The second-order valence-electron chi connectivity index (χ2n) is 7.99. The molecule has 0 unspecified atom stereocenters. The van der Waals surface area contributed by atoms with Crippen LogP contribution < -0.4 is 10.5 Å². The van der Waals surface area contributed by atoms with Crippen molar-refractivity contribution in [2.24, 2.45) is 5.73 Å². The van der Waals surface area contributed by atoms with E-state index >= 15 is 0 Å². The number of nitrogens with two attached hydrogens (primary N) is 1. The van der Waals surface area contributed by atoms with Crippen molar-refractivity contribution in [2.45, 2.75) is 19.8 Å². The molecule has 3 N–H and O–H groups in total. The lowest BCUT2D eigenvalue weighted by Gasteiger charge is -2.10. The number of aliphatic hydroxyl groups excluding tert-OH is 1. The number of rotatable bonds is 7. The Morgan fingerprint density at radius 1 is 0.909 bits per heavy atom. The van der Waals surface area contributed by atoms with Crippen molar-refractivity contribution in [3.05, 3.63) is 113 Å². The number of hydrogen-bond donors (Lipinski definition) is 2. The van der Waals surface area contributed by atoms with Crippen LogP contribution in [0.3, 0.4) is 0 Å². The fourth-order valence-corrected chi connectivity index (χ4v) is 4.18. The van der Waals surface area contributed by atoms with Gasteiger partial charge in [0.1, 0.15) is 12.4 Å². The van der Waals surface area contributed by atoms with E-state index in [1.807, 2.05) is 72.8 Å². The third-order valence-electron chi connectivity index (χ3n) is 5.81. The number of benzene rings is 4. The van der Waals surface area contributed by atoms with E-state index in [1.165, 1.54) is 0 Å². The van der Waals surface area contributed by atoms with Gasteiger partial charge in [0, 0.05) is 22.9 Å². The molecule has 0 aliphatic carbocycles. The highest BCUT2D eigenvalue weighted by Gasteiger charge is 2.17. The third kappa shape index (κ3) is 4.06. The standard InChI is InChI=1S/C28H23N2O3/c29-28(32)24-7-4-8-25-27(24)23-14-11-21(17-31)15-26(23)30(25)16-19-9-12-22(13-10-19)33-18-20-5-2-1-3-6-20/h1-13,15,31H,16-18H2,(H2,29,32). The minimum atomic E-state index is -0.473. The number of aromatic nitrogens is 1. The van der Waals surface area contributed by atoms with Crippen LogP contribution in [0.4, 0.5) is 0 Å². The van der Waals surface area contributed by atoms with E-state index in [2.05, 4.69) is 10.6 Å². The highest BCUT2D eigenvalue weighted by Crippen LogP contribution is 2.33. The van der Waals surface area contributed by atoms with E-state index < -0.39 is 5.91 Å². The molecule has 5 heteroatoms. The van der Waals surface area contributed by atoms with E-state index in [-0.39, 0.29) is 6.61 Å². The Morgan fingerprint density at radius 2 is 1.70 bits per heavy atom. The molecule has 0 saturated heterocycles. The molecule has 0 bridgehead atoms. The first-order valence-electron chi connectivity index (χ1n) is 10.8. The van der Waals surface area contributed by atoms with Crippen LogP contribution in [0.1, 0.15) is 27.0 Å². The van der Waals surface area contributed by atoms with Crippen molar-refractivity contribution in [1.82, 2.24) is 4.57 Å². The minimum Gasteiger partial charge on any atom is -0.489 e. The maximum atomic E-state index is 12.1. The number of primary amides is 1. The zero-order chi connectivity index (χ0) is 22.8. The normalized spacial score (nSPS) is 11.2. The van der Waals surface area contributed by atoms with Crippen LogP contribution in [-0.4, -0.2) is 15.6 Å². The van der Waals surface area contributed by atoms with Crippen LogP contribution in [-0.2, 0) is 19.8 Å². The molecule has 5 aromatic rings. The van der Waals surface area contributed by atoms with Crippen molar-refractivity contribution >= 4 is 27.7 Å². The Labute approximate surface area is 191 Å². The van der Waals surface area contributed by atoms with Crippen molar-refractivity contribution in [1.29, 1.82) is 0 Å². The van der Waals surface area contributed by atoms with Crippen molar-refractivity contribution in [2.75, 3.05) is 0 Å². The summed E-state index contributed by atoms with van der Waals surface area (Å²) in [4.78, 5) is 12.1. The van der Waals surface area contributed by atoms with E-state index in [0.717, 1.165) is 44.2 Å². The van der Waals surface area contributed by atoms with Crippen LogP contribution in [0.2, 0.25) is 0 Å². The first kappa shape index (κ1) is 20.8. The smallest absolute Gasteiger partial charge is 0.249 e. The molecule has 5 rings (SSSR count). The Kier molecular flexibility index (Phi) is 5.55. The molecule has 0 spiro atoms. The number of carbonyl (C=O) groups is 1. The Balaban J connectivity index is 1.50. The molecule has 0 fully saturated rings. The Bertz CT molecular complexity index is 1440. The molecule has 0 saturated carbocycles. The summed E-state index contributed by atoms with van der Waals surface area (Å²) < 4.78 is 8.04. The second kappa shape index (κ2) is 8.81. The molecular formula is C28H23N2O3. The predicted molar refractivity (Wildman–Crippen MR) is 129 cm³/mol. The van der Waals surface area contributed by atoms with Gasteiger partial charge >= 0.3 is 0 Å². The lowest BCUT2D eigenvalue weighted by atomic mass is 10.0. The fraction of sp³-hybridized carbons (Fsp3) is 0.107. The summed E-state index contributed by atoms with van der Waals surface area (Å²) in [5, 5.41) is 11.2. The van der Waals surface area contributed by atoms with E-state index in [9.17, 15) is 9.90 Å². The van der Waals surface area contributed by atoms with Gasteiger partial charge in [-0.3, -0.25) is 4.79 Å². The lowest BCUT2D eigenvalue weighted by Crippen LogP contribution is -2.11. The maximum absolute atomic E-state index is 12.1. The molecule has 1 heterocycles. The minimum absolute atomic E-state index is 0.0793. The van der Waals surface area contributed by atoms with Crippen LogP contribution in [0, 0.1) is 6.07 Å². The second-order valence-corrected chi connectivity index (χ2v) is 7.99. The van der Waals surface area contributed by atoms with Crippen molar-refractivity contribution < 1.29 is 14.6 Å². The Morgan fingerprint density at radius 3 is 2.42 bits per heavy atom. The fourth-order valence-electron chi connectivity index (χ4n) is 4.18. The van der Waals surface area contributed by atoms with Crippen LogP contribution in [0.15, 0.2) is 84.9 Å². The molecule has 1 amide bonds. The SMILES string of the molecule is NC(=O)c1cccc2c1c1[c]cc(CO)cc1n2Cc1ccc(OCc2ccccc2)cc1. The maximum Gasteiger partial charge on any atom is 0.249 e. The quantitative estimate of drug-likeness (QED) is 0.385. The summed E-state index contributed by atoms with van der Waals surface area (Å²) in [6, 6.07) is 30.5. The molecule has 163 valence electrons. The van der Waals surface area contributed by atoms with Crippen LogP contribution >= 0.6 is 0 Å². The first-order chi connectivity index (χ1) is 16.1. The highest BCUT2D eigenvalue weighted by atomic mass is 16.5. The molecule has 33 heavy (non-hydrogen) atoms. The average Bonchev–Trinajstić information content (AvgIpc) is 3.17. The zero-order valence-corrected chi connectivity index (χ0v) is 18.0. The van der Waals surface area contributed by atoms with Gasteiger partial charge in [0.15, 0.2) is 0 Å². The molecule has 1 radical (unpaired) electrons. The van der Waals surface area contributed by atoms with Gasteiger partial charge < -0.3 is 20.1 Å². The van der Waals surface area contributed by atoms with Gasteiger partial charge in [-0.25, -0.2) is 0 Å². The molecule has 0 atom stereocenters. The van der Waals surface area contributed by atoms with Gasteiger partial charge in [-0.2, -0.15) is 0 Å². The van der Waals surface area contributed by atoms with E-state index in [1.54, 1.807) is 12.1 Å². The van der Waals surface area contributed by atoms with Gasteiger partial charge in [-0.05, 0) is 59.2 Å². The summed E-state index contributed by atoms with van der Waals surface area (Å²) in [6.07, 6.45) is 0. The van der Waals surface area contributed by atoms with Gasteiger partial charge in [0.2, 0.25) is 5.91 Å². The van der Waals surface area contributed by atoms with Gasteiger partial charge in [0.25, 0.3) is 0 Å². The number of nitrogens with zero attached hydrogens (tertiary/aromatic N) is 1. The number of fused-ring (bicyclic) bond motifs is 3. The number of amides is 1. The lowest BCUT2D eigenvalue weighted by molar-refractivity contribution is 0.100. The molecule has 0 aliphatic rings. The number of carbonyl (C=O) groups excluding carboxylic acids is 1. The first-order valence-corrected chi connectivity index (χ1v) is 10.8. The number of ether oxygens (including phenoxy) is 1.